The van der Waals surface area contributed by atoms with Crippen molar-refractivity contribution in [1.29, 1.82) is 0 Å². The second kappa shape index (κ2) is 8.60. The number of thiazole rings is 1. The molecule has 0 fully saturated rings. The predicted octanol–water partition coefficient (Wildman–Crippen LogP) is 2.70. The number of nitrogens with zero attached hydrogens (tertiary/aromatic N) is 2. The van der Waals surface area contributed by atoms with E-state index < -0.39 is 0 Å². The van der Waals surface area contributed by atoms with E-state index >= 15 is 0 Å². The summed E-state index contributed by atoms with van der Waals surface area (Å²) in [5.74, 6) is 0.490. The van der Waals surface area contributed by atoms with E-state index in [1.807, 2.05) is 18.4 Å². The number of hydrogen-bond acceptors (Lipinski definition) is 5. The summed E-state index contributed by atoms with van der Waals surface area (Å²) in [6, 6.07) is 3.72. The molecule has 5 nitrogen and oxygen atoms in total. The summed E-state index contributed by atoms with van der Waals surface area (Å²) in [7, 11) is 0. The highest BCUT2D eigenvalue weighted by atomic mass is 32.1. The van der Waals surface area contributed by atoms with Crippen molar-refractivity contribution >= 4 is 23.1 Å². The molecular weight excluding hydrogens is 296 g/mol. The van der Waals surface area contributed by atoms with Gasteiger partial charge in [0.05, 0.1) is 17.1 Å². The van der Waals surface area contributed by atoms with E-state index in [1.54, 1.807) is 23.6 Å². The third-order valence-electron chi connectivity index (χ3n) is 3.21. The highest BCUT2D eigenvalue weighted by Gasteiger charge is 2.08. The Bertz CT molecular complexity index is 594. The van der Waals surface area contributed by atoms with Gasteiger partial charge in [0.1, 0.15) is 5.82 Å². The first-order valence-electron chi connectivity index (χ1n) is 7.53. The largest absolute Gasteiger partial charge is 0.330 e. The molecule has 0 saturated heterocycles. The zero-order valence-electron chi connectivity index (χ0n) is 12.8. The van der Waals surface area contributed by atoms with E-state index in [-0.39, 0.29) is 12.3 Å². The second-order valence-electron chi connectivity index (χ2n) is 5.28. The number of amides is 1. The summed E-state index contributed by atoms with van der Waals surface area (Å²) in [6.45, 7) is 2.71. The fraction of sp³-hybridized carbons (Fsp3) is 0.438. The van der Waals surface area contributed by atoms with Crippen LogP contribution in [0.5, 0.6) is 0 Å². The fourth-order valence-corrected chi connectivity index (χ4v) is 2.88. The number of aryl methyl sites for hydroxylation is 2. The average molecular weight is 318 g/mol. The Kier molecular flexibility index (Phi) is 6.48. The molecule has 0 aliphatic rings. The highest BCUT2D eigenvalue weighted by Crippen LogP contribution is 2.14. The standard InChI is InChI=1S/C16H22N4OS/c1-12-6-7-14(18-10-12)20-15(21)9-13-11-22-16(19-13)5-3-2-4-8-17/h6-7,10-11H,2-5,8-9,17H2,1H3,(H,18,20,21). The lowest BCUT2D eigenvalue weighted by molar-refractivity contribution is -0.115. The lowest BCUT2D eigenvalue weighted by Crippen LogP contribution is -2.15. The van der Waals surface area contributed by atoms with Gasteiger partial charge in [-0.15, -0.1) is 11.3 Å². The van der Waals surface area contributed by atoms with E-state index in [1.165, 1.54) is 0 Å². The van der Waals surface area contributed by atoms with Crippen molar-refractivity contribution in [3.63, 3.8) is 0 Å². The number of rotatable bonds is 8. The van der Waals surface area contributed by atoms with Crippen LogP contribution in [0.25, 0.3) is 0 Å². The molecule has 1 amide bonds. The van der Waals surface area contributed by atoms with Crippen molar-refractivity contribution in [2.75, 3.05) is 11.9 Å². The van der Waals surface area contributed by atoms with Gasteiger partial charge in [-0.3, -0.25) is 4.79 Å². The molecule has 2 aromatic heterocycles. The lowest BCUT2D eigenvalue weighted by atomic mass is 10.2. The van der Waals surface area contributed by atoms with Gasteiger partial charge in [-0.1, -0.05) is 12.5 Å². The topological polar surface area (TPSA) is 80.9 Å². The smallest absolute Gasteiger partial charge is 0.231 e. The first-order valence-corrected chi connectivity index (χ1v) is 8.41. The minimum absolute atomic E-state index is 0.0867. The number of anilines is 1. The number of nitrogens with two attached hydrogens (primary N) is 1. The number of aromatic nitrogens is 2. The van der Waals surface area contributed by atoms with Gasteiger partial charge in [0.25, 0.3) is 0 Å². The predicted molar refractivity (Wildman–Crippen MR) is 90.0 cm³/mol. The van der Waals surface area contributed by atoms with Crippen LogP contribution in [-0.4, -0.2) is 22.4 Å². The summed E-state index contributed by atoms with van der Waals surface area (Å²) in [5.41, 5.74) is 7.36. The first-order chi connectivity index (χ1) is 10.7. The Balaban J connectivity index is 1.79. The molecular formula is C16H22N4OS. The lowest BCUT2D eigenvalue weighted by Gasteiger charge is -2.03. The summed E-state index contributed by atoms with van der Waals surface area (Å²) < 4.78 is 0. The molecule has 0 atom stereocenters. The van der Waals surface area contributed by atoms with Gasteiger partial charge >= 0.3 is 0 Å². The van der Waals surface area contributed by atoms with Crippen LogP contribution in [0.15, 0.2) is 23.7 Å². The maximum absolute atomic E-state index is 12.0. The van der Waals surface area contributed by atoms with Crippen molar-refractivity contribution in [3.8, 4) is 0 Å². The third kappa shape index (κ3) is 5.54. The molecule has 0 saturated carbocycles. The maximum atomic E-state index is 12.0. The monoisotopic (exact) mass is 318 g/mol. The Morgan fingerprint density at radius 1 is 1.32 bits per heavy atom. The van der Waals surface area contributed by atoms with Crippen LogP contribution >= 0.6 is 11.3 Å². The molecule has 0 unspecified atom stereocenters. The molecule has 0 spiro atoms. The van der Waals surface area contributed by atoms with Crippen molar-refractivity contribution in [1.82, 2.24) is 9.97 Å². The summed E-state index contributed by atoms with van der Waals surface area (Å²) in [5, 5.41) is 5.84. The van der Waals surface area contributed by atoms with E-state index in [0.29, 0.717) is 5.82 Å². The summed E-state index contributed by atoms with van der Waals surface area (Å²) >= 11 is 1.62. The molecule has 0 aromatic carbocycles. The van der Waals surface area contributed by atoms with Gasteiger partial charge in [-0.05, 0) is 44.4 Å². The number of pyridine rings is 1. The summed E-state index contributed by atoms with van der Waals surface area (Å²) in [4.78, 5) is 20.6. The minimum atomic E-state index is -0.0867. The number of carbonyl (C=O) groups is 1. The van der Waals surface area contributed by atoms with Crippen molar-refractivity contribution in [2.45, 2.75) is 39.0 Å². The number of nitrogens with one attached hydrogen (secondary N) is 1. The molecule has 0 aliphatic heterocycles. The van der Waals surface area contributed by atoms with E-state index in [2.05, 4.69) is 15.3 Å². The van der Waals surface area contributed by atoms with Crippen LogP contribution < -0.4 is 11.1 Å². The molecule has 2 aromatic rings. The molecule has 2 rings (SSSR count). The molecule has 22 heavy (non-hydrogen) atoms. The van der Waals surface area contributed by atoms with Crippen molar-refractivity contribution in [2.24, 2.45) is 5.73 Å². The van der Waals surface area contributed by atoms with Gasteiger partial charge < -0.3 is 11.1 Å². The van der Waals surface area contributed by atoms with E-state index in [9.17, 15) is 4.79 Å². The van der Waals surface area contributed by atoms with Crippen LogP contribution in [0, 0.1) is 6.92 Å². The van der Waals surface area contributed by atoms with Gasteiger partial charge in [0.2, 0.25) is 5.91 Å². The third-order valence-corrected chi connectivity index (χ3v) is 4.17. The maximum Gasteiger partial charge on any atom is 0.231 e. The van der Waals surface area contributed by atoms with Gasteiger partial charge in [0.15, 0.2) is 0 Å². The van der Waals surface area contributed by atoms with Crippen molar-refractivity contribution < 1.29 is 4.79 Å². The zero-order valence-corrected chi connectivity index (χ0v) is 13.7. The summed E-state index contributed by atoms with van der Waals surface area (Å²) in [6.07, 6.45) is 6.28. The quantitative estimate of drug-likeness (QED) is 0.733. The number of hydrogen-bond donors (Lipinski definition) is 2. The molecule has 0 radical (unpaired) electrons. The zero-order chi connectivity index (χ0) is 15.8. The minimum Gasteiger partial charge on any atom is -0.330 e. The molecule has 118 valence electrons. The Morgan fingerprint density at radius 2 is 2.18 bits per heavy atom. The highest BCUT2D eigenvalue weighted by molar-refractivity contribution is 7.09. The molecule has 3 N–H and O–H groups in total. The van der Waals surface area contributed by atoms with Crippen LogP contribution in [0.1, 0.15) is 35.5 Å². The van der Waals surface area contributed by atoms with E-state index in [4.69, 9.17) is 5.73 Å². The number of carbonyl (C=O) groups excluding carboxylic acids is 1. The Morgan fingerprint density at radius 3 is 2.91 bits per heavy atom. The van der Waals surface area contributed by atoms with Crippen LogP contribution in [-0.2, 0) is 17.6 Å². The normalized spacial score (nSPS) is 10.6. The van der Waals surface area contributed by atoms with Gasteiger partial charge in [0, 0.05) is 11.6 Å². The molecule has 0 aliphatic carbocycles. The Hall–Kier alpha value is -1.79. The fourth-order valence-electron chi connectivity index (χ4n) is 2.04. The van der Waals surface area contributed by atoms with Crippen molar-refractivity contribution in [3.05, 3.63) is 40.0 Å². The van der Waals surface area contributed by atoms with Crippen LogP contribution in [0.2, 0.25) is 0 Å². The van der Waals surface area contributed by atoms with E-state index in [0.717, 1.165) is 48.5 Å². The molecule has 2 heterocycles. The second-order valence-corrected chi connectivity index (χ2v) is 6.22. The SMILES string of the molecule is Cc1ccc(NC(=O)Cc2csc(CCCCCN)n2)nc1. The molecule has 6 heteroatoms. The Labute approximate surface area is 135 Å². The molecule has 0 bridgehead atoms. The first kappa shape index (κ1) is 16.6. The van der Waals surface area contributed by atoms with Crippen LogP contribution in [0.3, 0.4) is 0 Å². The van der Waals surface area contributed by atoms with Gasteiger partial charge in [-0.25, -0.2) is 9.97 Å². The average Bonchev–Trinajstić information content (AvgIpc) is 2.93. The van der Waals surface area contributed by atoms with Crippen LogP contribution in [0.4, 0.5) is 5.82 Å². The number of unbranched alkanes of at least 4 members (excludes halogenated alkanes) is 2. The van der Waals surface area contributed by atoms with Gasteiger partial charge in [-0.2, -0.15) is 0 Å².